The molecule has 0 saturated carbocycles. The summed E-state index contributed by atoms with van der Waals surface area (Å²) < 4.78 is 14.9. The van der Waals surface area contributed by atoms with Gasteiger partial charge in [0.15, 0.2) is 0 Å². The Morgan fingerprint density at radius 1 is 0.885 bits per heavy atom. The van der Waals surface area contributed by atoms with Crippen LogP contribution in [0.4, 0.5) is 10.1 Å². The summed E-state index contributed by atoms with van der Waals surface area (Å²) in [5.74, 6) is -0.296. The van der Waals surface area contributed by atoms with Gasteiger partial charge in [0, 0.05) is 43.8 Å². The predicted molar refractivity (Wildman–Crippen MR) is 98.1 cm³/mol. The highest BCUT2D eigenvalue weighted by Crippen LogP contribution is 2.18. The summed E-state index contributed by atoms with van der Waals surface area (Å²) in [6, 6.07) is 16.3. The second-order valence-corrected chi connectivity index (χ2v) is 6.26. The first-order valence-electron chi connectivity index (χ1n) is 8.60. The van der Waals surface area contributed by atoms with Gasteiger partial charge in [-0.15, -0.1) is 0 Å². The molecule has 26 heavy (non-hydrogen) atoms. The van der Waals surface area contributed by atoms with E-state index in [0.717, 1.165) is 24.5 Å². The van der Waals surface area contributed by atoms with Gasteiger partial charge < -0.3 is 14.4 Å². The second-order valence-electron chi connectivity index (χ2n) is 6.26. The Morgan fingerprint density at radius 3 is 2.27 bits per heavy atom. The van der Waals surface area contributed by atoms with Crippen molar-refractivity contribution in [1.82, 2.24) is 14.5 Å². The van der Waals surface area contributed by atoms with E-state index in [1.165, 1.54) is 12.1 Å². The molecule has 1 saturated heterocycles. The topological polar surface area (TPSA) is 41.4 Å². The van der Waals surface area contributed by atoms with Crippen molar-refractivity contribution in [2.24, 2.45) is 0 Å². The maximum Gasteiger partial charge on any atom is 0.274 e. The van der Waals surface area contributed by atoms with Gasteiger partial charge in [-0.2, -0.15) is 0 Å². The molecular weight excluding hydrogens is 331 g/mol. The number of nitrogens with zero attached hydrogens (tertiary/aromatic N) is 4. The second kappa shape index (κ2) is 7.00. The van der Waals surface area contributed by atoms with E-state index in [4.69, 9.17) is 0 Å². The average molecular weight is 350 g/mol. The third-order valence-corrected chi connectivity index (χ3v) is 4.61. The predicted octanol–water partition coefficient (Wildman–Crippen LogP) is 2.97. The van der Waals surface area contributed by atoms with Gasteiger partial charge in [-0.3, -0.25) is 4.79 Å². The normalized spacial score (nSPS) is 14.5. The molecule has 4 rings (SSSR count). The molecule has 1 amide bonds. The number of hydrogen-bond donors (Lipinski definition) is 0. The summed E-state index contributed by atoms with van der Waals surface area (Å²) in [4.78, 5) is 21.0. The van der Waals surface area contributed by atoms with Gasteiger partial charge in [0.25, 0.3) is 5.91 Å². The van der Waals surface area contributed by atoms with Crippen molar-refractivity contribution in [2.45, 2.75) is 0 Å². The van der Waals surface area contributed by atoms with Crippen LogP contribution in [0.3, 0.4) is 0 Å². The van der Waals surface area contributed by atoms with E-state index >= 15 is 0 Å². The largest absolute Gasteiger partial charge is 0.368 e. The lowest BCUT2D eigenvalue weighted by Gasteiger charge is -2.35. The molecule has 6 heteroatoms. The summed E-state index contributed by atoms with van der Waals surface area (Å²) in [7, 11) is 0. The molecule has 2 aromatic carbocycles. The molecule has 1 aliphatic rings. The molecule has 0 aliphatic carbocycles. The van der Waals surface area contributed by atoms with Crippen LogP contribution in [0.2, 0.25) is 0 Å². The van der Waals surface area contributed by atoms with Crippen molar-refractivity contribution >= 4 is 11.6 Å². The maximum atomic E-state index is 13.1. The van der Waals surface area contributed by atoms with Gasteiger partial charge in [0.05, 0.1) is 0 Å². The van der Waals surface area contributed by atoms with Crippen molar-refractivity contribution in [1.29, 1.82) is 0 Å². The quantitative estimate of drug-likeness (QED) is 0.729. The van der Waals surface area contributed by atoms with Crippen LogP contribution in [0.15, 0.2) is 67.1 Å². The number of carbonyl (C=O) groups excluding carboxylic acids is 1. The lowest BCUT2D eigenvalue weighted by Crippen LogP contribution is -2.48. The van der Waals surface area contributed by atoms with Crippen molar-refractivity contribution in [3.8, 4) is 5.69 Å². The Kier molecular flexibility index (Phi) is 4.39. The van der Waals surface area contributed by atoms with Crippen LogP contribution < -0.4 is 4.90 Å². The van der Waals surface area contributed by atoms with E-state index in [1.54, 1.807) is 24.7 Å². The Hall–Kier alpha value is -3.15. The van der Waals surface area contributed by atoms with Gasteiger partial charge in [0.2, 0.25) is 0 Å². The van der Waals surface area contributed by atoms with Gasteiger partial charge >= 0.3 is 0 Å². The molecule has 0 bridgehead atoms. The SMILES string of the molecule is O=C(c1cn(-c2ccccc2)cn1)N1CCN(c2ccc(F)cc2)CC1. The minimum absolute atomic E-state index is 0.0570. The van der Waals surface area contributed by atoms with E-state index < -0.39 is 0 Å². The van der Waals surface area contributed by atoms with E-state index in [0.29, 0.717) is 18.8 Å². The number of para-hydroxylation sites is 1. The fourth-order valence-corrected chi connectivity index (χ4v) is 3.16. The first-order chi connectivity index (χ1) is 12.7. The average Bonchev–Trinajstić information content (AvgIpc) is 3.19. The molecule has 132 valence electrons. The number of amides is 1. The van der Waals surface area contributed by atoms with Crippen molar-refractivity contribution in [2.75, 3.05) is 31.1 Å². The van der Waals surface area contributed by atoms with Crippen LogP contribution in [0.5, 0.6) is 0 Å². The van der Waals surface area contributed by atoms with Crippen LogP contribution in [0, 0.1) is 5.82 Å². The molecule has 0 spiro atoms. The molecule has 1 aliphatic heterocycles. The molecule has 3 aromatic rings. The van der Waals surface area contributed by atoms with Crippen LogP contribution in [-0.2, 0) is 0 Å². The first kappa shape index (κ1) is 16.3. The number of rotatable bonds is 3. The summed E-state index contributed by atoms with van der Waals surface area (Å²) >= 11 is 0. The summed E-state index contributed by atoms with van der Waals surface area (Å²) in [6.45, 7) is 2.68. The molecular formula is C20H19FN4O. The standard InChI is InChI=1S/C20H19FN4O/c21-16-6-8-18(9-7-16)23-10-12-24(13-11-23)20(26)19-14-25(15-22-19)17-4-2-1-3-5-17/h1-9,14-15H,10-13H2. The number of carbonyl (C=O) groups is 1. The fraction of sp³-hybridized carbons (Fsp3) is 0.200. The third kappa shape index (κ3) is 3.31. The summed E-state index contributed by atoms with van der Waals surface area (Å²) in [5, 5.41) is 0. The first-order valence-corrected chi connectivity index (χ1v) is 8.60. The lowest BCUT2D eigenvalue weighted by molar-refractivity contribution is 0.0741. The zero-order chi connectivity index (χ0) is 17.9. The van der Waals surface area contributed by atoms with Crippen LogP contribution in [0.25, 0.3) is 5.69 Å². The van der Waals surface area contributed by atoms with E-state index in [-0.39, 0.29) is 11.7 Å². The van der Waals surface area contributed by atoms with Crippen LogP contribution in [0.1, 0.15) is 10.5 Å². The Bertz CT molecular complexity index is 884. The van der Waals surface area contributed by atoms with Crippen LogP contribution >= 0.6 is 0 Å². The summed E-state index contributed by atoms with van der Waals surface area (Å²) in [6.07, 6.45) is 3.43. The highest BCUT2D eigenvalue weighted by Gasteiger charge is 2.23. The molecule has 0 atom stereocenters. The molecule has 5 nitrogen and oxygen atoms in total. The Morgan fingerprint density at radius 2 is 1.58 bits per heavy atom. The lowest BCUT2D eigenvalue weighted by atomic mass is 10.2. The smallest absolute Gasteiger partial charge is 0.274 e. The molecule has 2 heterocycles. The molecule has 0 unspecified atom stereocenters. The fourth-order valence-electron chi connectivity index (χ4n) is 3.16. The van der Waals surface area contributed by atoms with E-state index in [1.807, 2.05) is 39.8 Å². The van der Waals surface area contributed by atoms with E-state index in [9.17, 15) is 9.18 Å². The molecule has 0 radical (unpaired) electrons. The number of hydrogen-bond acceptors (Lipinski definition) is 3. The minimum Gasteiger partial charge on any atom is -0.368 e. The van der Waals surface area contributed by atoms with Gasteiger partial charge in [-0.1, -0.05) is 18.2 Å². The molecule has 1 aromatic heterocycles. The van der Waals surface area contributed by atoms with Gasteiger partial charge in [-0.25, -0.2) is 9.37 Å². The Labute approximate surface area is 151 Å². The number of aromatic nitrogens is 2. The number of imidazole rings is 1. The Balaban J connectivity index is 1.41. The number of benzene rings is 2. The molecule has 1 fully saturated rings. The van der Waals surface area contributed by atoms with Crippen molar-refractivity contribution in [3.63, 3.8) is 0 Å². The number of piperazine rings is 1. The zero-order valence-corrected chi connectivity index (χ0v) is 14.3. The highest BCUT2D eigenvalue weighted by atomic mass is 19.1. The van der Waals surface area contributed by atoms with Crippen LogP contribution in [-0.4, -0.2) is 46.5 Å². The number of anilines is 1. The van der Waals surface area contributed by atoms with Crippen molar-refractivity contribution in [3.05, 3.63) is 78.6 Å². The summed E-state index contributed by atoms with van der Waals surface area (Å²) in [5.41, 5.74) is 2.40. The van der Waals surface area contributed by atoms with Gasteiger partial charge in [-0.05, 0) is 36.4 Å². The number of halogens is 1. The monoisotopic (exact) mass is 350 g/mol. The van der Waals surface area contributed by atoms with Gasteiger partial charge in [0.1, 0.15) is 17.8 Å². The minimum atomic E-state index is -0.239. The van der Waals surface area contributed by atoms with Crippen molar-refractivity contribution < 1.29 is 9.18 Å². The van der Waals surface area contributed by atoms with E-state index in [2.05, 4.69) is 9.88 Å². The maximum absolute atomic E-state index is 13.1. The third-order valence-electron chi connectivity index (χ3n) is 4.61. The zero-order valence-electron chi connectivity index (χ0n) is 14.3. The molecule has 0 N–H and O–H groups in total. The highest BCUT2D eigenvalue weighted by molar-refractivity contribution is 5.92.